The van der Waals surface area contributed by atoms with Crippen molar-refractivity contribution < 1.29 is 9.13 Å². The Morgan fingerprint density at radius 2 is 2.13 bits per heavy atom. The van der Waals surface area contributed by atoms with Crippen LogP contribution in [0.15, 0.2) is 18.2 Å². The van der Waals surface area contributed by atoms with Gasteiger partial charge in [-0.2, -0.15) is 0 Å². The Morgan fingerprint density at radius 3 is 2.73 bits per heavy atom. The summed E-state index contributed by atoms with van der Waals surface area (Å²) in [5, 5.41) is 0. The molecule has 0 heterocycles. The van der Waals surface area contributed by atoms with E-state index in [4.69, 9.17) is 10.5 Å². The van der Waals surface area contributed by atoms with E-state index in [1.54, 1.807) is 12.1 Å². The van der Waals surface area contributed by atoms with Crippen LogP contribution in [-0.2, 0) is 6.54 Å². The van der Waals surface area contributed by atoms with E-state index >= 15 is 0 Å². The molecule has 0 fully saturated rings. The van der Waals surface area contributed by atoms with Crippen molar-refractivity contribution in [3.8, 4) is 5.75 Å². The summed E-state index contributed by atoms with van der Waals surface area (Å²) < 4.78 is 18.8. The van der Waals surface area contributed by atoms with Gasteiger partial charge in [0.05, 0.1) is 6.61 Å². The molecule has 0 saturated carbocycles. The fourth-order valence-corrected chi connectivity index (χ4v) is 1.28. The monoisotopic (exact) mass is 211 g/mol. The van der Waals surface area contributed by atoms with Gasteiger partial charge in [0.25, 0.3) is 0 Å². The summed E-state index contributed by atoms with van der Waals surface area (Å²) in [6.07, 6.45) is 0.959. The average Bonchev–Trinajstić information content (AvgIpc) is 2.17. The molecule has 15 heavy (non-hydrogen) atoms. The number of hydrogen-bond donors (Lipinski definition) is 1. The Kier molecular flexibility index (Phi) is 4.56. The molecule has 0 saturated heterocycles. The normalized spacial score (nSPS) is 10.7. The summed E-state index contributed by atoms with van der Waals surface area (Å²) in [7, 11) is 0. The van der Waals surface area contributed by atoms with E-state index in [9.17, 15) is 4.39 Å². The standard InChI is InChI=1S/C12H18FNO/c1-9(2)6-7-15-12-5-3-4-11(13)10(12)8-14/h3-5,9H,6-8,14H2,1-2H3. The molecule has 3 heteroatoms. The first-order valence-electron chi connectivity index (χ1n) is 5.25. The number of benzene rings is 1. The van der Waals surface area contributed by atoms with E-state index in [-0.39, 0.29) is 12.4 Å². The lowest BCUT2D eigenvalue weighted by Crippen LogP contribution is -2.07. The van der Waals surface area contributed by atoms with Crippen LogP contribution in [0.5, 0.6) is 5.75 Å². The molecule has 1 aromatic rings. The highest BCUT2D eigenvalue weighted by atomic mass is 19.1. The minimum absolute atomic E-state index is 0.170. The second-order valence-corrected chi connectivity index (χ2v) is 3.95. The smallest absolute Gasteiger partial charge is 0.131 e. The highest BCUT2D eigenvalue weighted by Gasteiger charge is 2.07. The van der Waals surface area contributed by atoms with Gasteiger partial charge in [0.15, 0.2) is 0 Å². The fraction of sp³-hybridized carbons (Fsp3) is 0.500. The van der Waals surface area contributed by atoms with E-state index < -0.39 is 0 Å². The van der Waals surface area contributed by atoms with Gasteiger partial charge in [-0.15, -0.1) is 0 Å². The second-order valence-electron chi connectivity index (χ2n) is 3.95. The number of nitrogens with two attached hydrogens (primary N) is 1. The van der Waals surface area contributed by atoms with Crippen molar-refractivity contribution in [1.82, 2.24) is 0 Å². The molecule has 0 aliphatic carbocycles. The average molecular weight is 211 g/mol. The first-order valence-corrected chi connectivity index (χ1v) is 5.25. The molecule has 0 aliphatic heterocycles. The molecule has 0 amide bonds. The third kappa shape index (κ3) is 3.51. The van der Waals surface area contributed by atoms with Crippen LogP contribution < -0.4 is 10.5 Å². The minimum Gasteiger partial charge on any atom is -0.493 e. The number of halogens is 1. The first-order chi connectivity index (χ1) is 7.15. The van der Waals surface area contributed by atoms with Gasteiger partial charge in [-0.05, 0) is 24.5 Å². The molecule has 0 atom stereocenters. The van der Waals surface area contributed by atoms with Crippen LogP contribution in [0, 0.1) is 11.7 Å². The molecule has 1 rings (SSSR count). The zero-order chi connectivity index (χ0) is 11.3. The molecule has 0 unspecified atom stereocenters. The zero-order valence-electron chi connectivity index (χ0n) is 9.29. The van der Waals surface area contributed by atoms with Crippen molar-refractivity contribution in [3.63, 3.8) is 0 Å². The van der Waals surface area contributed by atoms with Crippen molar-refractivity contribution in [1.29, 1.82) is 0 Å². The molecule has 0 aromatic heterocycles. The first kappa shape index (κ1) is 12.0. The number of hydrogen-bond acceptors (Lipinski definition) is 2. The van der Waals surface area contributed by atoms with Gasteiger partial charge in [-0.1, -0.05) is 19.9 Å². The number of ether oxygens (including phenoxy) is 1. The van der Waals surface area contributed by atoms with Crippen LogP contribution in [0.1, 0.15) is 25.8 Å². The van der Waals surface area contributed by atoms with Gasteiger partial charge in [0.2, 0.25) is 0 Å². The second kappa shape index (κ2) is 5.71. The van der Waals surface area contributed by atoms with Crippen molar-refractivity contribution in [2.24, 2.45) is 11.7 Å². The lowest BCUT2D eigenvalue weighted by molar-refractivity contribution is 0.285. The van der Waals surface area contributed by atoms with Crippen LogP contribution >= 0.6 is 0 Å². The van der Waals surface area contributed by atoms with Crippen LogP contribution in [0.25, 0.3) is 0 Å². The Labute approximate surface area is 90.2 Å². The van der Waals surface area contributed by atoms with Crippen LogP contribution in [0.2, 0.25) is 0 Å². The SMILES string of the molecule is CC(C)CCOc1cccc(F)c1CN. The van der Waals surface area contributed by atoms with Crippen molar-refractivity contribution in [2.45, 2.75) is 26.8 Å². The largest absolute Gasteiger partial charge is 0.493 e. The molecular formula is C12H18FNO. The van der Waals surface area contributed by atoms with Crippen LogP contribution in [0.4, 0.5) is 4.39 Å². The summed E-state index contributed by atoms with van der Waals surface area (Å²) in [4.78, 5) is 0. The quantitative estimate of drug-likeness (QED) is 0.812. The van der Waals surface area contributed by atoms with Crippen molar-refractivity contribution in [2.75, 3.05) is 6.61 Å². The van der Waals surface area contributed by atoms with Crippen LogP contribution in [0.3, 0.4) is 0 Å². The van der Waals surface area contributed by atoms with Gasteiger partial charge in [0.1, 0.15) is 11.6 Å². The highest BCUT2D eigenvalue weighted by molar-refractivity contribution is 5.34. The summed E-state index contributed by atoms with van der Waals surface area (Å²) >= 11 is 0. The van der Waals surface area contributed by atoms with Gasteiger partial charge in [0, 0.05) is 12.1 Å². The summed E-state index contributed by atoms with van der Waals surface area (Å²) in [5.74, 6) is 0.859. The van der Waals surface area contributed by atoms with Crippen molar-refractivity contribution >= 4 is 0 Å². The Bertz CT molecular complexity index is 312. The molecule has 2 N–H and O–H groups in total. The van der Waals surface area contributed by atoms with E-state index in [2.05, 4.69) is 13.8 Å². The molecule has 0 spiro atoms. The maximum Gasteiger partial charge on any atom is 0.131 e. The Hall–Kier alpha value is -1.09. The summed E-state index contributed by atoms with van der Waals surface area (Å²) in [6.45, 7) is 5.02. The predicted octanol–water partition coefficient (Wildman–Crippen LogP) is 2.71. The fourth-order valence-electron chi connectivity index (χ4n) is 1.28. The molecule has 0 bridgehead atoms. The van der Waals surface area contributed by atoms with Gasteiger partial charge in [-0.25, -0.2) is 4.39 Å². The highest BCUT2D eigenvalue weighted by Crippen LogP contribution is 2.21. The van der Waals surface area contributed by atoms with E-state index in [1.165, 1.54) is 6.07 Å². The predicted molar refractivity (Wildman–Crippen MR) is 59.2 cm³/mol. The van der Waals surface area contributed by atoms with E-state index in [0.717, 1.165) is 6.42 Å². The Balaban J connectivity index is 2.64. The van der Waals surface area contributed by atoms with E-state index in [1.807, 2.05) is 0 Å². The maximum atomic E-state index is 13.3. The van der Waals surface area contributed by atoms with Gasteiger partial charge >= 0.3 is 0 Å². The molecule has 1 aromatic carbocycles. The van der Waals surface area contributed by atoms with Crippen LogP contribution in [-0.4, -0.2) is 6.61 Å². The Morgan fingerprint density at radius 1 is 1.40 bits per heavy atom. The molecular weight excluding hydrogens is 193 g/mol. The molecule has 84 valence electrons. The lowest BCUT2D eigenvalue weighted by atomic mass is 10.1. The van der Waals surface area contributed by atoms with Crippen molar-refractivity contribution in [3.05, 3.63) is 29.6 Å². The summed E-state index contributed by atoms with van der Waals surface area (Å²) in [5.41, 5.74) is 5.92. The third-order valence-electron chi connectivity index (χ3n) is 2.23. The maximum absolute atomic E-state index is 13.3. The molecule has 0 aliphatic rings. The number of rotatable bonds is 5. The van der Waals surface area contributed by atoms with Gasteiger partial charge < -0.3 is 10.5 Å². The summed E-state index contributed by atoms with van der Waals surface area (Å²) in [6, 6.07) is 4.79. The lowest BCUT2D eigenvalue weighted by Gasteiger charge is -2.11. The third-order valence-corrected chi connectivity index (χ3v) is 2.23. The molecule has 0 radical (unpaired) electrons. The van der Waals surface area contributed by atoms with E-state index in [0.29, 0.717) is 23.8 Å². The minimum atomic E-state index is -0.292. The van der Waals surface area contributed by atoms with Gasteiger partial charge in [-0.3, -0.25) is 0 Å². The molecule has 2 nitrogen and oxygen atoms in total. The topological polar surface area (TPSA) is 35.2 Å². The zero-order valence-corrected chi connectivity index (χ0v) is 9.29.